The van der Waals surface area contributed by atoms with Gasteiger partial charge < -0.3 is 19.7 Å². The first kappa shape index (κ1) is 24.1. The van der Waals surface area contributed by atoms with Crippen LogP contribution >= 0.6 is 0 Å². The Morgan fingerprint density at radius 3 is 2.64 bits per heavy atom. The van der Waals surface area contributed by atoms with Crippen molar-refractivity contribution in [2.45, 2.75) is 37.0 Å². The van der Waals surface area contributed by atoms with Gasteiger partial charge in [0.15, 0.2) is 0 Å². The van der Waals surface area contributed by atoms with Gasteiger partial charge in [0.1, 0.15) is 5.75 Å². The van der Waals surface area contributed by atoms with E-state index in [0.717, 1.165) is 37.1 Å². The maximum absolute atomic E-state index is 12.8. The maximum Gasteiger partial charge on any atom is 0.417 e. The van der Waals surface area contributed by atoms with Crippen LogP contribution in [-0.2, 0) is 10.9 Å². The SMILES string of the molecule is O=C(Nc1cccnc1)N1CCC2(CC1)CC(c1cccc(Oc3ccc(C(F)(F)F)cn3)c1)CO2. The van der Waals surface area contributed by atoms with Crippen LogP contribution in [0.1, 0.15) is 36.3 Å². The first-order valence-corrected chi connectivity index (χ1v) is 11.7. The van der Waals surface area contributed by atoms with E-state index < -0.39 is 11.7 Å². The second-order valence-corrected chi connectivity index (χ2v) is 9.11. The minimum absolute atomic E-state index is 0.0937. The Hall–Kier alpha value is -3.66. The van der Waals surface area contributed by atoms with E-state index >= 15 is 0 Å². The van der Waals surface area contributed by atoms with Crippen molar-refractivity contribution in [3.05, 3.63) is 78.2 Å². The molecule has 1 spiro atoms. The number of amides is 2. The summed E-state index contributed by atoms with van der Waals surface area (Å²) in [6.07, 6.45) is 1.90. The molecule has 1 atom stereocenters. The molecule has 0 bridgehead atoms. The van der Waals surface area contributed by atoms with E-state index in [9.17, 15) is 18.0 Å². The van der Waals surface area contributed by atoms with Crippen LogP contribution in [0, 0.1) is 0 Å². The Balaban J connectivity index is 1.17. The summed E-state index contributed by atoms with van der Waals surface area (Å²) in [6.45, 7) is 1.76. The highest BCUT2D eigenvalue weighted by molar-refractivity contribution is 5.89. The van der Waals surface area contributed by atoms with Crippen LogP contribution in [-0.4, -0.2) is 46.2 Å². The molecular weight excluding hydrogens is 473 g/mol. The lowest BCUT2D eigenvalue weighted by Gasteiger charge is -2.38. The number of pyridine rings is 2. The lowest BCUT2D eigenvalue weighted by Crippen LogP contribution is -2.47. The van der Waals surface area contributed by atoms with Crippen molar-refractivity contribution in [3.8, 4) is 11.6 Å². The molecule has 2 saturated heterocycles. The number of rotatable bonds is 4. The molecule has 0 aliphatic carbocycles. The van der Waals surface area contributed by atoms with Crippen LogP contribution in [0.4, 0.5) is 23.7 Å². The van der Waals surface area contributed by atoms with Crippen molar-refractivity contribution in [1.29, 1.82) is 0 Å². The summed E-state index contributed by atoms with van der Waals surface area (Å²) >= 11 is 0. The molecule has 1 N–H and O–H groups in total. The van der Waals surface area contributed by atoms with E-state index in [4.69, 9.17) is 9.47 Å². The molecule has 2 aliphatic rings. The summed E-state index contributed by atoms with van der Waals surface area (Å²) in [5.41, 5.74) is 0.598. The molecule has 2 aromatic heterocycles. The maximum atomic E-state index is 12.8. The van der Waals surface area contributed by atoms with Crippen LogP contribution in [0.3, 0.4) is 0 Å². The lowest BCUT2D eigenvalue weighted by molar-refractivity contribution is -0.137. The van der Waals surface area contributed by atoms with Crippen molar-refractivity contribution in [3.63, 3.8) is 0 Å². The highest BCUT2D eigenvalue weighted by Crippen LogP contribution is 2.43. The molecule has 36 heavy (non-hydrogen) atoms. The molecule has 10 heteroatoms. The first-order valence-electron chi connectivity index (χ1n) is 11.7. The number of carbonyl (C=O) groups is 1. The number of alkyl halides is 3. The van der Waals surface area contributed by atoms with Gasteiger partial charge in [0.25, 0.3) is 0 Å². The lowest BCUT2D eigenvalue weighted by atomic mass is 9.83. The number of piperidine rings is 1. The molecule has 2 aliphatic heterocycles. The summed E-state index contributed by atoms with van der Waals surface area (Å²) < 4.78 is 50.2. The van der Waals surface area contributed by atoms with Crippen LogP contribution in [0.5, 0.6) is 11.6 Å². The number of halogens is 3. The Kier molecular flexibility index (Phi) is 6.53. The van der Waals surface area contributed by atoms with Crippen LogP contribution < -0.4 is 10.1 Å². The Morgan fingerprint density at radius 2 is 1.94 bits per heavy atom. The minimum atomic E-state index is -4.44. The molecule has 2 fully saturated rings. The number of carbonyl (C=O) groups excluding carboxylic acids is 1. The van der Waals surface area contributed by atoms with Gasteiger partial charge in [-0.2, -0.15) is 13.2 Å². The molecule has 1 aromatic carbocycles. The predicted octanol–water partition coefficient (Wildman–Crippen LogP) is 5.86. The quantitative estimate of drug-likeness (QED) is 0.488. The first-order chi connectivity index (χ1) is 17.3. The number of hydrogen-bond acceptors (Lipinski definition) is 5. The van der Waals surface area contributed by atoms with E-state index in [2.05, 4.69) is 15.3 Å². The van der Waals surface area contributed by atoms with E-state index in [1.165, 1.54) is 6.07 Å². The molecular formula is C26H25F3N4O3. The van der Waals surface area contributed by atoms with Gasteiger partial charge >= 0.3 is 12.2 Å². The Bertz CT molecular complexity index is 1200. The van der Waals surface area contributed by atoms with Gasteiger partial charge in [0, 0.05) is 37.5 Å². The minimum Gasteiger partial charge on any atom is -0.439 e. The van der Waals surface area contributed by atoms with Gasteiger partial charge in [-0.1, -0.05) is 12.1 Å². The number of hydrogen-bond donors (Lipinski definition) is 1. The summed E-state index contributed by atoms with van der Waals surface area (Å²) in [5.74, 6) is 0.753. The van der Waals surface area contributed by atoms with Gasteiger partial charge in [-0.05, 0) is 55.2 Å². The third-order valence-electron chi connectivity index (χ3n) is 6.70. The van der Waals surface area contributed by atoms with E-state index in [-0.39, 0.29) is 23.4 Å². The van der Waals surface area contributed by atoms with E-state index in [0.29, 0.717) is 31.1 Å². The summed E-state index contributed by atoms with van der Waals surface area (Å²) in [7, 11) is 0. The number of ether oxygens (including phenoxy) is 2. The number of nitrogens with zero attached hydrogens (tertiary/aromatic N) is 3. The number of nitrogens with one attached hydrogen (secondary N) is 1. The van der Waals surface area contributed by atoms with E-state index in [1.807, 2.05) is 18.2 Å². The van der Waals surface area contributed by atoms with Crippen LogP contribution in [0.2, 0.25) is 0 Å². The topological polar surface area (TPSA) is 76.6 Å². The molecule has 188 valence electrons. The zero-order chi connectivity index (χ0) is 25.2. The Morgan fingerprint density at radius 1 is 1.11 bits per heavy atom. The van der Waals surface area contributed by atoms with E-state index in [1.54, 1.807) is 35.5 Å². The smallest absolute Gasteiger partial charge is 0.417 e. The van der Waals surface area contributed by atoms with Gasteiger partial charge in [-0.3, -0.25) is 4.98 Å². The molecule has 0 radical (unpaired) electrons. The number of aromatic nitrogens is 2. The monoisotopic (exact) mass is 498 g/mol. The van der Waals surface area contributed by atoms with Gasteiger partial charge in [0.05, 0.1) is 29.7 Å². The van der Waals surface area contributed by atoms with Crippen LogP contribution in [0.15, 0.2) is 67.1 Å². The molecule has 5 rings (SSSR count). The fourth-order valence-corrected chi connectivity index (χ4v) is 4.72. The second-order valence-electron chi connectivity index (χ2n) is 9.11. The zero-order valence-electron chi connectivity index (χ0n) is 19.4. The van der Waals surface area contributed by atoms with Gasteiger partial charge in [0.2, 0.25) is 5.88 Å². The fourth-order valence-electron chi connectivity index (χ4n) is 4.72. The molecule has 3 aromatic rings. The predicted molar refractivity (Wildman–Crippen MR) is 126 cm³/mol. The number of benzene rings is 1. The van der Waals surface area contributed by atoms with Crippen molar-refractivity contribution in [2.75, 3.05) is 25.0 Å². The summed E-state index contributed by atoms with van der Waals surface area (Å²) in [4.78, 5) is 22.2. The van der Waals surface area contributed by atoms with Gasteiger partial charge in [-0.25, -0.2) is 9.78 Å². The van der Waals surface area contributed by atoms with Gasteiger partial charge in [-0.15, -0.1) is 0 Å². The number of anilines is 1. The average Bonchev–Trinajstić information content (AvgIpc) is 3.28. The molecule has 1 unspecified atom stereocenters. The molecule has 7 nitrogen and oxygen atoms in total. The number of likely N-dealkylation sites (tertiary alicyclic amines) is 1. The average molecular weight is 499 g/mol. The Labute approximate surface area is 206 Å². The normalized spacial score (nSPS) is 19.3. The van der Waals surface area contributed by atoms with Crippen molar-refractivity contribution >= 4 is 11.7 Å². The highest BCUT2D eigenvalue weighted by atomic mass is 19.4. The highest BCUT2D eigenvalue weighted by Gasteiger charge is 2.43. The van der Waals surface area contributed by atoms with Crippen LogP contribution in [0.25, 0.3) is 0 Å². The largest absolute Gasteiger partial charge is 0.439 e. The molecule has 0 saturated carbocycles. The third-order valence-corrected chi connectivity index (χ3v) is 6.70. The summed E-state index contributed by atoms with van der Waals surface area (Å²) in [5, 5.41) is 2.87. The fraction of sp³-hybridized carbons (Fsp3) is 0.346. The van der Waals surface area contributed by atoms with Crippen molar-refractivity contribution in [1.82, 2.24) is 14.9 Å². The third kappa shape index (κ3) is 5.43. The molecule has 2 amide bonds. The van der Waals surface area contributed by atoms with Crippen molar-refractivity contribution in [2.24, 2.45) is 0 Å². The molecule has 4 heterocycles. The van der Waals surface area contributed by atoms with Crippen molar-refractivity contribution < 1.29 is 27.4 Å². The second kappa shape index (κ2) is 9.77. The number of urea groups is 1. The standard InChI is InChI=1S/C26H25F3N4O3/c27-26(28,29)20-6-7-23(31-15-20)36-22-5-1-3-18(13-22)19-14-25(35-17-19)8-11-33(12-9-25)24(34)32-21-4-2-10-30-16-21/h1-7,10,13,15-16,19H,8-9,11-12,14,17H2,(H,32,34). The zero-order valence-corrected chi connectivity index (χ0v) is 19.4. The summed E-state index contributed by atoms with van der Waals surface area (Å²) in [6, 6.07) is 13.1.